The van der Waals surface area contributed by atoms with Crippen LogP contribution in [-0.4, -0.2) is 61.6 Å². The third kappa shape index (κ3) is 3.27. The van der Waals surface area contributed by atoms with Gasteiger partial charge in [-0.15, -0.1) is 0 Å². The van der Waals surface area contributed by atoms with Crippen molar-refractivity contribution < 1.29 is 9.53 Å². The van der Waals surface area contributed by atoms with E-state index in [0.29, 0.717) is 12.5 Å². The quantitative estimate of drug-likeness (QED) is 0.841. The molecule has 0 N–H and O–H groups in total. The Kier molecular flexibility index (Phi) is 4.27. The number of benzene rings is 1. The first-order valence-corrected chi connectivity index (χ1v) is 7.77. The van der Waals surface area contributed by atoms with Crippen LogP contribution in [0.4, 0.5) is 0 Å². The summed E-state index contributed by atoms with van der Waals surface area (Å²) in [5.41, 5.74) is 2.75. The number of amides is 1. The molecular weight excluding hydrogens is 264 g/mol. The smallest absolute Gasteiger partial charge is 0.253 e. The molecule has 114 valence electrons. The van der Waals surface area contributed by atoms with Crippen LogP contribution in [0.3, 0.4) is 0 Å². The summed E-state index contributed by atoms with van der Waals surface area (Å²) in [7, 11) is 2.04. The lowest BCUT2D eigenvalue weighted by Crippen LogP contribution is -2.57. The molecule has 0 aliphatic carbocycles. The van der Waals surface area contributed by atoms with Crippen molar-refractivity contribution >= 4 is 5.91 Å². The summed E-state index contributed by atoms with van der Waals surface area (Å²) in [5.74, 6) is 0.763. The molecule has 4 nitrogen and oxygen atoms in total. The van der Waals surface area contributed by atoms with E-state index in [0.717, 1.165) is 32.6 Å². The third-order valence-corrected chi connectivity index (χ3v) is 4.58. The number of aryl methyl sites for hydroxylation is 1. The number of ether oxygens (including phenoxy) is 1. The van der Waals surface area contributed by atoms with Gasteiger partial charge in [-0.3, -0.25) is 4.79 Å². The van der Waals surface area contributed by atoms with Crippen LogP contribution in [0, 0.1) is 12.8 Å². The van der Waals surface area contributed by atoms with Gasteiger partial charge in [0.25, 0.3) is 5.91 Å². The minimum Gasteiger partial charge on any atom is -0.366 e. The van der Waals surface area contributed by atoms with E-state index in [2.05, 4.69) is 36.1 Å². The van der Waals surface area contributed by atoms with Gasteiger partial charge < -0.3 is 14.5 Å². The average Bonchev–Trinajstić information content (AvgIpc) is 2.43. The van der Waals surface area contributed by atoms with Crippen molar-refractivity contribution in [1.29, 1.82) is 0 Å². The van der Waals surface area contributed by atoms with Crippen molar-refractivity contribution in [2.45, 2.75) is 19.4 Å². The van der Waals surface area contributed by atoms with Crippen LogP contribution in [0.25, 0.3) is 0 Å². The Balaban J connectivity index is 1.49. The minimum absolute atomic E-state index is 0.169. The standard InChI is InChI=1S/C17H24N2O2/c1-13-5-3-4-6-15(13)9-14-10-19(11-14)17(20)16-12-18(2)7-8-21-16/h3-6,14,16H,7-12H2,1-2H3. The number of nitrogens with zero attached hydrogens (tertiary/aromatic N) is 2. The molecule has 2 aliphatic heterocycles. The number of hydrogen-bond donors (Lipinski definition) is 0. The topological polar surface area (TPSA) is 32.8 Å². The molecule has 4 heteroatoms. The summed E-state index contributed by atoms with van der Waals surface area (Å²) in [5, 5.41) is 0. The summed E-state index contributed by atoms with van der Waals surface area (Å²) in [6.45, 7) is 6.20. The number of likely N-dealkylation sites (tertiary alicyclic amines) is 1. The van der Waals surface area contributed by atoms with E-state index < -0.39 is 0 Å². The number of rotatable bonds is 3. The SMILES string of the molecule is Cc1ccccc1CC1CN(C(=O)C2CN(C)CCO2)C1. The van der Waals surface area contributed by atoms with E-state index in [-0.39, 0.29) is 12.0 Å². The lowest BCUT2D eigenvalue weighted by Gasteiger charge is -2.42. The van der Waals surface area contributed by atoms with Crippen molar-refractivity contribution in [3.8, 4) is 0 Å². The molecule has 2 saturated heterocycles. The van der Waals surface area contributed by atoms with Crippen LogP contribution in [0.2, 0.25) is 0 Å². The highest BCUT2D eigenvalue weighted by atomic mass is 16.5. The summed E-state index contributed by atoms with van der Waals surface area (Å²) >= 11 is 0. The Morgan fingerprint density at radius 3 is 2.76 bits per heavy atom. The largest absolute Gasteiger partial charge is 0.366 e. The summed E-state index contributed by atoms with van der Waals surface area (Å²) in [6.07, 6.45) is 0.810. The lowest BCUT2D eigenvalue weighted by molar-refractivity contribution is -0.155. The molecule has 1 aromatic carbocycles. The first kappa shape index (κ1) is 14.5. The Morgan fingerprint density at radius 1 is 1.29 bits per heavy atom. The Hall–Kier alpha value is -1.39. The minimum atomic E-state index is -0.261. The molecule has 0 saturated carbocycles. The van der Waals surface area contributed by atoms with Crippen molar-refractivity contribution in [1.82, 2.24) is 9.80 Å². The molecule has 0 aromatic heterocycles. The highest BCUT2D eigenvalue weighted by molar-refractivity contribution is 5.82. The average molecular weight is 288 g/mol. The van der Waals surface area contributed by atoms with Gasteiger partial charge in [-0.1, -0.05) is 24.3 Å². The molecule has 1 aromatic rings. The van der Waals surface area contributed by atoms with Crippen molar-refractivity contribution in [2.24, 2.45) is 5.92 Å². The van der Waals surface area contributed by atoms with E-state index in [4.69, 9.17) is 4.74 Å². The third-order valence-electron chi connectivity index (χ3n) is 4.58. The van der Waals surface area contributed by atoms with Gasteiger partial charge in [0.15, 0.2) is 0 Å². The molecule has 1 atom stereocenters. The van der Waals surface area contributed by atoms with Crippen LogP contribution in [0.15, 0.2) is 24.3 Å². The maximum absolute atomic E-state index is 12.4. The van der Waals surface area contributed by atoms with Crippen LogP contribution in [0.5, 0.6) is 0 Å². The molecule has 2 heterocycles. The van der Waals surface area contributed by atoms with Crippen molar-refractivity contribution in [3.63, 3.8) is 0 Å². The van der Waals surface area contributed by atoms with Crippen LogP contribution in [0.1, 0.15) is 11.1 Å². The molecule has 1 amide bonds. The molecule has 0 spiro atoms. The number of hydrogen-bond acceptors (Lipinski definition) is 3. The maximum atomic E-state index is 12.4. The molecule has 1 unspecified atom stereocenters. The van der Waals surface area contributed by atoms with Crippen LogP contribution >= 0.6 is 0 Å². The molecule has 3 rings (SSSR count). The molecule has 0 bridgehead atoms. The van der Waals surface area contributed by atoms with E-state index in [1.165, 1.54) is 11.1 Å². The monoisotopic (exact) mass is 288 g/mol. The highest BCUT2D eigenvalue weighted by Gasteiger charge is 2.36. The summed E-state index contributed by atoms with van der Waals surface area (Å²) < 4.78 is 5.61. The highest BCUT2D eigenvalue weighted by Crippen LogP contribution is 2.23. The predicted molar refractivity (Wildman–Crippen MR) is 82.2 cm³/mol. The van der Waals surface area contributed by atoms with Gasteiger partial charge in [0.1, 0.15) is 6.10 Å². The van der Waals surface area contributed by atoms with Gasteiger partial charge in [-0.05, 0) is 37.4 Å². The Bertz CT molecular complexity index is 511. The van der Waals surface area contributed by atoms with Gasteiger partial charge in [-0.2, -0.15) is 0 Å². The number of carbonyl (C=O) groups is 1. The second-order valence-electron chi connectivity index (χ2n) is 6.36. The molecule has 2 aliphatic rings. The van der Waals surface area contributed by atoms with E-state index in [9.17, 15) is 4.79 Å². The van der Waals surface area contributed by atoms with E-state index in [1.807, 2.05) is 11.9 Å². The molecule has 2 fully saturated rings. The maximum Gasteiger partial charge on any atom is 0.253 e. The normalized spacial score (nSPS) is 23.9. The lowest BCUT2D eigenvalue weighted by atomic mass is 9.90. The number of likely N-dealkylation sites (N-methyl/N-ethyl adjacent to an activating group) is 1. The fourth-order valence-electron chi connectivity index (χ4n) is 3.16. The van der Waals surface area contributed by atoms with Crippen molar-refractivity contribution in [3.05, 3.63) is 35.4 Å². The van der Waals surface area contributed by atoms with Crippen LogP contribution < -0.4 is 0 Å². The van der Waals surface area contributed by atoms with Gasteiger partial charge >= 0.3 is 0 Å². The summed E-state index contributed by atoms with van der Waals surface area (Å²) in [6, 6.07) is 8.52. The van der Waals surface area contributed by atoms with Gasteiger partial charge in [-0.25, -0.2) is 0 Å². The first-order valence-electron chi connectivity index (χ1n) is 7.77. The number of morpholine rings is 1. The van der Waals surface area contributed by atoms with E-state index >= 15 is 0 Å². The van der Waals surface area contributed by atoms with Gasteiger partial charge in [0.05, 0.1) is 6.61 Å². The Morgan fingerprint density at radius 2 is 2.05 bits per heavy atom. The molecular formula is C17H24N2O2. The van der Waals surface area contributed by atoms with Gasteiger partial charge in [0, 0.05) is 26.2 Å². The summed E-state index contributed by atoms with van der Waals surface area (Å²) in [4.78, 5) is 16.5. The zero-order valence-corrected chi connectivity index (χ0v) is 12.9. The zero-order chi connectivity index (χ0) is 14.8. The number of carbonyl (C=O) groups excluding carboxylic acids is 1. The fourth-order valence-corrected chi connectivity index (χ4v) is 3.16. The molecule has 0 radical (unpaired) electrons. The zero-order valence-electron chi connectivity index (χ0n) is 12.9. The Labute approximate surface area is 126 Å². The second-order valence-corrected chi connectivity index (χ2v) is 6.36. The predicted octanol–water partition coefficient (Wildman–Crippen LogP) is 1.33. The van der Waals surface area contributed by atoms with E-state index in [1.54, 1.807) is 0 Å². The van der Waals surface area contributed by atoms with Gasteiger partial charge in [0.2, 0.25) is 0 Å². The fraction of sp³-hybridized carbons (Fsp3) is 0.588. The second kappa shape index (κ2) is 6.16. The van der Waals surface area contributed by atoms with Crippen LogP contribution in [-0.2, 0) is 16.0 Å². The molecule has 21 heavy (non-hydrogen) atoms. The first-order chi connectivity index (χ1) is 10.1. The van der Waals surface area contributed by atoms with Crippen molar-refractivity contribution in [2.75, 3.05) is 39.8 Å².